The molecular weight excluding hydrogens is 437 g/mol. The number of benzene rings is 1. The van der Waals surface area contributed by atoms with E-state index in [0.29, 0.717) is 21.8 Å². The second kappa shape index (κ2) is 9.62. The van der Waals surface area contributed by atoms with Gasteiger partial charge in [0.1, 0.15) is 18.1 Å². The Bertz CT molecular complexity index is 875. The van der Waals surface area contributed by atoms with Gasteiger partial charge in [0.15, 0.2) is 11.6 Å². The summed E-state index contributed by atoms with van der Waals surface area (Å²) in [6.07, 6.45) is 4.63. The van der Waals surface area contributed by atoms with Crippen molar-refractivity contribution in [3.05, 3.63) is 75.0 Å². The van der Waals surface area contributed by atoms with E-state index in [0.717, 1.165) is 21.7 Å². The van der Waals surface area contributed by atoms with Gasteiger partial charge in [-0.3, -0.25) is 4.94 Å². The summed E-state index contributed by atoms with van der Waals surface area (Å²) in [6.45, 7) is 9.36. The van der Waals surface area contributed by atoms with Crippen LogP contribution in [0.2, 0.25) is 5.02 Å². The van der Waals surface area contributed by atoms with Gasteiger partial charge in [-0.05, 0) is 71.6 Å². The van der Waals surface area contributed by atoms with Crippen molar-refractivity contribution in [2.75, 3.05) is 0 Å². The molecule has 0 atom stereocenters. The number of hydrogen-bond donors (Lipinski definition) is 0. The molecule has 0 aliphatic rings. The second-order valence-corrected chi connectivity index (χ2v) is 7.12. The highest BCUT2D eigenvalue weighted by Gasteiger charge is 2.07. The maximum atomic E-state index is 12.4. The SMILES string of the molecule is C=C(Br)/C(=C\C=C(/C)c1cnc(COc2cc(C)c(Cl)c(C)c2)nn1)OF. The molecule has 0 bridgehead atoms. The third kappa shape index (κ3) is 5.87. The molecule has 0 amide bonds. The molecule has 0 saturated carbocycles. The minimum Gasteiger partial charge on any atom is -0.486 e. The Kier molecular flexibility index (Phi) is 7.50. The molecule has 5 nitrogen and oxygen atoms in total. The first-order valence-electron chi connectivity index (χ1n) is 7.92. The van der Waals surface area contributed by atoms with Gasteiger partial charge >= 0.3 is 0 Å². The number of halogens is 3. The van der Waals surface area contributed by atoms with E-state index in [1.54, 1.807) is 19.2 Å². The number of allylic oxidation sites excluding steroid dienone is 4. The minimum absolute atomic E-state index is 0.0335. The molecule has 0 aliphatic carbocycles. The zero-order valence-electron chi connectivity index (χ0n) is 15.1. The maximum absolute atomic E-state index is 12.4. The lowest BCUT2D eigenvalue weighted by Gasteiger charge is -2.09. The van der Waals surface area contributed by atoms with Gasteiger partial charge in [0, 0.05) is 9.55 Å². The molecule has 0 aliphatic heterocycles. The molecule has 27 heavy (non-hydrogen) atoms. The van der Waals surface area contributed by atoms with Crippen LogP contribution in [0, 0.1) is 13.8 Å². The zero-order valence-corrected chi connectivity index (χ0v) is 17.4. The van der Waals surface area contributed by atoms with Crippen LogP contribution in [-0.2, 0) is 11.5 Å². The molecular formula is C19H18BrClFN3O2. The van der Waals surface area contributed by atoms with Gasteiger partial charge in [0.2, 0.25) is 0 Å². The molecule has 0 spiro atoms. The summed E-state index contributed by atoms with van der Waals surface area (Å²) in [5.41, 5.74) is 3.16. The highest BCUT2D eigenvalue weighted by atomic mass is 79.9. The fourth-order valence-corrected chi connectivity index (χ4v) is 2.43. The predicted octanol–water partition coefficient (Wildman–Crippen LogP) is 5.82. The van der Waals surface area contributed by atoms with Crippen LogP contribution in [0.3, 0.4) is 0 Å². The average Bonchev–Trinajstić information content (AvgIpc) is 2.64. The second-order valence-electron chi connectivity index (χ2n) is 5.78. The summed E-state index contributed by atoms with van der Waals surface area (Å²) >= 11 is 9.20. The first kappa shape index (κ1) is 21.1. The normalized spacial score (nSPS) is 12.1. The third-order valence-corrected chi connectivity index (χ3v) is 4.61. The lowest BCUT2D eigenvalue weighted by atomic mass is 10.1. The minimum atomic E-state index is -0.0335. The van der Waals surface area contributed by atoms with Crippen molar-refractivity contribution in [1.82, 2.24) is 15.2 Å². The molecule has 2 aromatic rings. The predicted molar refractivity (Wildman–Crippen MR) is 107 cm³/mol. The zero-order chi connectivity index (χ0) is 20.0. The van der Waals surface area contributed by atoms with E-state index < -0.39 is 0 Å². The Morgan fingerprint density at radius 1 is 1.26 bits per heavy atom. The number of ether oxygens (including phenoxy) is 1. The number of aryl methyl sites for hydroxylation is 2. The van der Waals surface area contributed by atoms with Crippen molar-refractivity contribution in [2.24, 2.45) is 0 Å². The van der Waals surface area contributed by atoms with E-state index in [1.165, 1.54) is 6.08 Å². The van der Waals surface area contributed by atoms with Gasteiger partial charge < -0.3 is 4.74 Å². The van der Waals surface area contributed by atoms with E-state index in [9.17, 15) is 4.53 Å². The van der Waals surface area contributed by atoms with Crippen LogP contribution in [0.5, 0.6) is 5.75 Å². The van der Waals surface area contributed by atoms with Crippen molar-refractivity contribution in [3.8, 4) is 5.75 Å². The molecule has 2 rings (SSSR count). The van der Waals surface area contributed by atoms with Crippen LogP contribution in [0.4, 0.5) is 4.53 Å². The van der Waals surface area contributed by atoms with Crippen molar-refractivity contribution in [2.45, 2.75) is 27.4 Å². The fourth-order valence-electron chi connectivity index (χ4n) is 2.13. The quantitative estimate of drug-likeness (QED) is 0.390. The first-order chi connectivity index (χ1) is 12.8. The van der Waals surface area contributed by atoms with Crippen LogP contribution in [0.1, 0.15) is 29.6 Å². The van der Waals surface area contributed by atoms with Crippen LogP contribution >= 0.6 is 27.5 Å². The fraction of sp³-hybridized carbons (Fsp3) is 0.211. The van der Waals surface area contributed by atoms with Gasteiger partial charge in [-0.15, -0.1) is 10.2 Å². The van der Waals surface area contributed by atoms with Crippen LogP contribution < -0.4 is 4.74 Å². The molecule has 0 fully saturated rings. The maximum Gasteiger partial charge on any atom is 0.188 e. The van der Waals surface area contributed by atoms with Gasteiger partial charge in [-0.1, -0.05) is 24.3 Å². The van der Waals surface area contributed by atoms with Gasteiger partial charge in [-0.25, -0.2) is 4.98 Å². The van der Waals surface area contributed by atoms with E-state index >= 15 is 0 Å². The Balaban J connectivity index is 2.06. The van der Waals surface area contributed by atoms with E-state index in [2.05, 4.69) is 42.6 Å². The lowest BCUT2D eigenvalue weighted by Crippen LogP contribution is -2.04. The van der Waals surface area contributed by atoms with Crippen LogP contribution in [0.25, 0.3) is 5.57 Å². The molecule has 8 heteroatoms. The smallest absolute Gasteiger partial charge is 0.188 e. The average molecular weight is 455 g/mol. The number of rotatable bonds is 7. The molecule has 142 valence electrons. The largest absolute Gasteiger partial charge is 0.486 e. The van der Waals surface area contributed by atoms with Gasteiger partial charge in [0.25, 0.3) is 0 Å². The standard InChI is InChI=1S/C19H18BrClFN3O2/c1-11(5-6-17(27-22)14(4)20)16-9-23-18(25-24-16)10-26-15-7-12(2)19(21)13(3)8-15/h5-9H,4,10H2,1-3H3/b11-5+,17-6+. The summed E-state index contributed by atoms with van der Waals surface area (Å²) in [5.74, 6) is 1.10. The molecule has 1 aromatic heterocycles. The van der Waals surface area contributed by atoms with E-state index in [1.807, 2.05) is 26.0 Å². The molecule has 1 aromatic carbocycles. The Hall–Kier alpha value is -2.25. The first-order valence-corrected chi connectivity index (χ1v) is 9.09. The topological polar surface area (TPSA) is 57.1 Å². The lowest BCUT2D eigenvalue weighted by molar-refractivity contribution is -0.0769. The summed E-state index contributed by atoms with van der Waals surface area (Å²) in [5, 5.41) is 8.89. The summed E-state index contributed by atoms with van der Waals surface area (Å²) < 4.78 is 18.4. The van der Waals surface area contributed by atoms with Crippen molar-refractivity contribution in [3.63, 3.8) is 0 Å². The third-order valence-electron chi connectivity index (χ3n) is 3.63. The number of hydrogen-bond acceptors (Lipinski definition) is 5. The van der Waals surface area contributed by atoms with Gasteiger partial charge in [-0.2, -0.15) is 0 Å². The van der Waals surface area contributed by atoms with Gasteiger partial charge in [0.05, 0.1) is 10.7 Å². The molecule has 0 saturated heterocycles. The summed E-state index contributed by atoms with van der Waals surface area (Å²) in [6, 6.07) is 3.72. The van der Waals surface area contributed by atoms with E-state index in [-0.39, 0.29) is 12.4 Å². The molecule has 0 radical (unpaired) electrons. The highest BCUT2D eigenvalue weighted by molar-refractivity contribution is 9.11. The van der Waals surface area contributed by atoms with Crippen molar-refractivity contribution >= 4 is 33.1 Å². The number of nitrogens with zero attached hydrogens (tertiary/aromatic N) is 3. The summed E-state index contributed by atoms with van der Waals surface area (Å²) in [7, 11) is 0. The Morgan fingerprint density at radius 3 is 2.44 bits per heavy atom. The van der Waals surface area contributed by atoms with E-state index in [4.69, 9.17) is 16.3 Å². The number of aromatic nitrogens is 3. The van der Waals surface area contributed by atoms with Crippen molar-refractivity contribution < 1.29 is 14.2 Å². The monoisotopic (exact) mass is 453 g/mol. The highest BCUT2D eigenvalue weighted by Crippen LogP contribution is 2.26. The Morgan fingerprint density at radius 2 is 1.93 bits per heavy atom. The van der Waals surface area contributed by atoms with Crippen LogP contribution in [0.15, 0.2) is 47.3 Å². The van der Waals surface area contributed by atoms with Crippen molar-refractivity contribution in [1.29, 1.82) is 0 Å². The van der Waals surface area contributed by atoms with Crippen LogP contribution in [-0.4, -0.2) is 15.2 Å². The molecule has 0 unspecified atom stereocenters. The molecule has 1 heterocycles. The molecule has 0 N–H and O–H groups in total. The summed E-state index contributed by atoms with van der Waals surface area (Å²) in [4.78, 5) is 7.95. The Labute approximate surface area is 170 Å².